The van der Waals surface area contributed by atoms with Gasteiger partial charge in [-0.25, -0.2) is 13.2 Å². The standard InChI is InChI=1S/C13H9ClF3NS/c14-10-3-8(15)2-1-7(10)6-19-13-11(16)4-9(18)5-12(13)17/h1-5H,6,18H2. The molecule has 19 heavy (non-hydrogen) atoms. The monoisotopic (exact) mass is 303 g/mol. The number of thioether (sulfide) groups is 1. The molecule has 0 atom stereocenters. The minimum absolute atomic E-state index is 0.0270. The molecule has 0 aliphatic heterocycles. The van der Waals surface area contributed by atoms with Crippen LogP contribution in [0.3, 0.4) is 0 Å². The summed E-state index contributed by atoms with van der Waals surface area (Å²) in [5, 5.41) is 0.226. The average Bonchev–Trinajstić information content (AvgIpc) is 2.30. The van der Waals surface area contributed by atoms with Crippen LogP contribution < -0.4 is 5.73 Å². The summed E-state index contributed by atoms with van der Waals surface area (Å²) in [5.41, 5.74) is 5.95. The number of hydrogen-bond acceptors (Lipinski definition) is 2. The van der Waals surface area contributed by atoms with E-state index in [4.69, 9.17) is 17.3 Å². The quantitative estimate of drug-likeness (QED) is 0.661. The SMILES string of the molecule is Nc1cc(F)c(SCc2ccc(F)cc2Cl)c(F)c1. The molecule has 0 aromatic heterocycles. The van der Waals surface area contributed by atoms with Crippen LogP contribution >= 0.6 is 23.4 Å². The van der Waals surface area contributed by atoms with Gasteiger partial charge in [-0.2, -0.15) is 0 Å². The van der Waals surface area contributed by atoms with E-state index >= 15 is 0 Å². The van der Waals surface area contributed by atoms with Crippen molar-refractivity contribution in [2.24, 2.45) is 0 Å². The van der Waals surface area contributed by atoms with E-state index in [1.165, 1.54) is 12.1 Å². The molecule has 6 heteroatoms. The summed E-state index contributed by atoms with van der Waals surface area (Å²) in [6, 6.07) is 6.00. The molecule has 0 radical (unpaired) electrons. The first-order valence-electron chi connectivity index (χ1n) is 5.28. The van der Waals surface area contributed by atoms with E-state index in [0.717, 1.165) is 30.0 Å². The van der Waals surface area contributed by atoms with Gasteiger partial charge >= 0.3 is 0 Å². The fourth-order valence-corrected chi connectivity index (χ4v) is 2.76. The first kappa shape index (κ1) is 14.1. The Morgan fingerprint density at radius 1 is 1.05 bits per heavy atom. The molecule has 0 amide bonds. The zero-order valence-electron chi connectivity index (χ0n) is 9.59. The Kier molecular flexibility index (Phi) is 4.27. The predicted molar refractivity (Wildman–Crippen MR) is 71.7 cm³/mol. The molecular formula is C13H9ClF3NS. The Morgan fingerprint density at radius 3 is 2.26 bits per heavy atom. The Morgan fingerprint density at radius 2 is 1.68 bits per heavy atom. The lowest BCUT2D eigenvalue weighted by Gasteiger charge is -2.07. The van der Waals surface area contributed by atoms with Gasteiger partial charge < -0.3 is 5.73 Å². The second-order valence-corrected chi connectivity index (χ2v) is 5.23. The first-order chi connectivity index (χ1) is 8.97. The van der Waals surface area contributed by atoms with Gasteiger partial charge in [-0.15, -0.1) is 11.8 Å². The van der Waals surface area contributed by atoms with E-state index in [1.54, 1.807) is 0 Å². The lowest BCUT2D eigenvalue weighted by atomic mass is 10.2. The molecule has 0 saturated heterocycles. The number of benzene rings is 2. The van der Waals surface area contributed by atoms with Crippen molar-refractivity contribution in [1.29, 1.82) is 0 Å². The second kappa shape index (κ2) is 5.75. The van der Waals surface area contributed by atoms with Crippen LogP contribution in [0.2, 0.25) is 5.02 Å². The van der Waals surface area contributed by atoms with Crippen LogP contribution in [0.4, 0.5) is 18.9 Å². The topological polar surface area (TPSA) is 26.0 Å². The van der Waals surface area contributed by atoms with Gasteiger partial charge in [-0.05, 0) is 29.8 Å². The minimum Gasteiger partial charge on any atom is -0.399 e. The summed E-state index contributed by atoms with van der Waals surface area (Å²) in [6.07, 6.45) is 0. The molecule has 0 spiro atoms. The highest BCUT2D eigenvalue weighted by atomic mass is 35.5. The van der Waals surface area contributed by atoms with Gasteiger partial charge in [0.15, 0.2) is 0 Å². The second-order valence-electron chi connectivity index (χ2n) is 3.84. The van der Waals surface area contributed by atoms with Crippen molar-refractivity contribution >= 4 is 29.1 Å². The largest absolute Gasteiger partial charge is 0.399 e. The van der Waals surface area contributed by atoms with Crippen molar-refractivity contribution in [2.45, 2.75) is 10.6 Å². The Bertz CT molecular complexity index is 596. The maximum Gasteiger partial charge on any atom is 0.141 e. The highest BCUT2D eigenvalue weighted by molar-refractivity contribution is 7.98. The molecule has 0 saturated carbocycles. The van der Waals surface area contributed by atoms with Crippen molar-refractivity contribution < 1.29 is 13.2 Å². The van der Waals surface area contributed by atoms with Crippen molar-refractivity contribution in [3.05, 3.63) is 58.4 Å². The highest BCUT2D eigenvalue weighted by Gasteiger charge is 2.12. The van der Waals surface area contributed by atoms with Crippen LogP contribution in [-0.4, -0.2) is 0 Å². The smallest absolute Gasteiger partial charge is 0.141 e. The molecule has 0 unspecified atom stereocenters. The summed E-state index contributed by atoms with van der Waals surface area (Å²) in [7, 11) is 0. The van der Waals surface area contributed by atoms with E-state index < -0.39 is 17.5 Å². The number of halogens is 4. The minimum atomic E-state index is -0.722. The van der Waals surface area contributed by atoms with E-state index in [1.807, 2.05) is 0 Å². The van der Waals surface area contributed by atoms with Crippen molar-refractivity contribution in [2.75, 3.05) is 5.73 Å². The van der Waals surface area contributed by atoms with Gasteiger partial charge in [0.1, 0.15) is 17.5 Å². The number of nitrogens with two attached hydrogens (primary N) is 1. The Balaban J connectivity index is 2.19. The van der Waals surface area contributed by atoms with Gasteiger partial charge in [0, 0.05) is 16.5 Å². The van der Waals surface area contributed by atoms with E-state index in [-0.39, 0.29) is 21.4 Å². The zero-order chi connectivity index (χ0) is 14.0. The van der Waals surface area contributed by atoms with Crippen molar-refractivity contribution in [1.82, 2.24) is 0 Å². The normalized spacial score (nSPS) is 10.7. The average molecular weight is 304 g/mol. The predicted octanol–water partition coefficient (Wildman–Crippen LogP) is 4.63. The van der Waals surface area contributed by atoms with Crippen LogP contribution in [0.1, 0.15) is 5.56 Å². The molecule has 2 aromatic carbocycles. The van der Waals surface area contributed by atoms with Crippen LogP contribution in [-0.2, 0) is 5.75 Å². The summed E-state index contributed by atoms with van der Waals surface area (Å²) in [4.78, 5) is -0.130. The molecule has 0 heterocycles. The molecule has 2 rings (SSSR count). The lowest BCUT2D eigenvalue weighted by molar-refractivity contribution is 0.542. The number of rotatable bonds is 3. The summed E-state index contributed by atoms with van der Waals surface area (Å²) < 4.78 is 39.9. The van der Waals surface area contributed by atoms with E-state index in [2.05, 4.69) is 0 Å². The molecule has 0 bridgehead atoms. The van der Waals surface area contributed by atoms with Gasteiger partial charge in [-0.3, -0.25) is 0 Å². The van der Waals surface area contributed by atoms with Crippen LogP contribution in [0.15, 0.2) is 35.2 Å². The third-order valence-electron chi connectivity index (χ3n) is 2.41. The fraction of sp³-hybridized carbons (Fsp3) is 0.0769. The van der Waals surface area contributed by atoms with Gasteiger partial charge in [0.25, 0.3) is 0 Å². The molecule has 1 nitrogen and oxygen atoms in total. The molecule has 100 valence electrons. The first-order valence-corrected chi connectivity index (χ1v) is 6.65. The van der Waals surface area contributed by atoms with Crippen LogP contribution in [0.25, 0.3) is 0 Å². The lowest BCUT2D eigenvalue weighted by Crippen LogP contribution is -1.94. The number of hydrogen-bond donors (Lipinski definition) is 1. The van der Waals surface area contributed by atoms with Gasteiger partial charge in [-0.1, -0.05) is 17.7 Å². The third-order valence-corrected chi connectivity index (χ3v) is 3.89. The maximum atomic E-state index is 13.5. The Hall–Kier alpha value is -1.33. The molecule has 0 aliphatic rings. The Labute approximate surface area is 117 Å². The summed E-state index contributed by atoms with van der Waals surface area (Å²) >= 11 is 6.78. The molecular weight excluding hydrogens is 295 g/mol. The molecule has 0 aliphatic carbocycles. The van der Waals surface area contributed by atoms with E-state index in [0.29, 0.717) is 5.56 Å². The third kappa shape index (κ3) is 3.36. The van der Waals surface area contributed by atoms with Gasteiger partial charge in [0.05, 0.1) is 4.90 Å². The number of nitrogen functional groups attached to an aromatic ring is 1. The van der Waals surface area contributed by atoms with Crippen LogP contribution in [0, 0.1) is 17.5 Å². The van der Waals surface area contributed by atoms with E-state index in [9.17, 15) is 13.2 Å². The summed E-state index contributed by atoms with van der Waals surface area (Å²) in [6.45, 7) is 0. The summed E-state index contributed by atoms with van der Waals surface area (Å²) in [5.74, 6) is -1.67. The fourth-order valence-electron chi connectivity index (χ4n) is 1.51. The molecule has 2 aromatic rings. The van der Waals surface area contributed by atoms with Gasteiger partial charge in [0.2, 0.25) is 0 Å². The van der Waals surface area contributed by atoms with Crippen molar-refractivity contribution in [3.63, 3.8) is 0 Å². The maximum absolute atomic E-state index is 13.5. The molecule has 2 N–H and O–H groups in total. The highest BCUT2D eigenvalue weighted by Crippen LogP contribution is 2.31. The zero-order valence-corrected chi connectivity index (χ0v) is 11.2. The van der Waals surface area contributed by atoms with Crippen LogP contribution in [0.5, 0.6) is 0 Å². The van der Waals surface area contributed by atoms with Crippen molar-refractivity contribution in [3.8, 4) is 0 Å². The number of anilines is 1. The molecule has 0 fully saturated rings.